The molecule has 0 unspecified atom stereocenters. The van der Waals surface area contributed by atoms with Gasteiger partial charge in [-0.05, 0) is 17.7 Å². The van der Waals surface area contributed by atoms with E-state index < -0.39 is 0 Å². The van der Waals surface area contributed by atoms with E-state index in [-0.39, 0.29) is 5.91 Å². The summed E-state index contributed by atoms with van der Waals surface area (Å²) in [5.41, 5.74) is 1.54. The molecule has 18 heavy (non-hydrogen) atoms. The Bertz CT molecular complexity index is 493. The lowest BCUT2D eigenvalue weighted by Gasteiger charge is -2.26. The van der Waals surface area contributed by atoms with Crippen LogP contribution in [0.5, 0.6) is 5.75 Å². The van der Waals surface area contributed by atoms with Crippen molar-refractivity contribution in [2.45, 2.75) is 6.54 Å². The van der Waals surface area contributed by atoms with E-state index in [1.807, 2.05) is 12.1 Å². The molecule has 94 valence electrons. The van der Waals surface area contributed by atoms with Crippen LogP contribution in [-0.4, -0.2) is 37.6 Å². The highest BCUT2D eigenvalue weighted by molar-refractivity contribution is 5.78. The maximum atomic E-state index is 11.3. The van der Waals surface area contributed by atoms with Gasteiger partial charge in [0.1, 0.15) is 11.8 Å². The van der Waals surface area contributed by atoms with E-state index in [1.165, 1.54) is 0 Å². The van der Waals surface area contributed by atoms with E-state index in [0.717, 1.165) is 12.1 Å². The summed E-state index contributed by atoms with van der Waals surface area (Å²) in [6.45, 7) is 2.60. The highest BCUT2D eigenvalue weighted by Crippen LogP contribution is 2.19. The van der Waals surface area contributed by atoms with Crippen molar-refractivity contribution in [2.75, 3.05) is 26.7 Å². The summed E-state index contributed by atoms with van der Waals surface area (Å²) in [5, 5.41) is 11.8. The summed E-state index contributed by atoms with van der Waals surface area (Å²) in [7, 11) is 1.55. The van der Waals surface area contributed by atoms with Gasteiger partial charge in [0.2, 0.25) is 5.91 Å². The normalized spacial score (nSPS) is 15.9. The van der Waals surface area contributed by atoms with E-state index >= 15 is 0 Å². The first-order valence-corrected chi connectivity index (χ1v) is 5.79. The lowest BCUT2D eigenvalue weighted by Crippen LogP contribution is -2.47. The number of hydrogen-bond donors (Lipinski definition) is 1. The number of nitrogens with zero attached hydrogens (tertiary/aromatic N) is 2. The number of benzene rings is 1. The number of carbonyl (C=O) groups excluding carboxylic acids is 1. The molecule has 0 saturated carbocycles. The minimum Gasteiger partial charge on any atom is -0.495 e. The molecule has 0 bridgehead atoms. The van der Waals surface area contributed by atoms with Crippen LogP contribution in [0.25, 0.3) is 0 Å². The zero-order valence-electron chi connectivity index (χ0n) is 10.3. The standard InChI is InChI=1S/C13H15N3O2/c1-18-12-3-2-10(6-11(12)7-14)8-16-5-4-15-13(17)9-16/h2-3,6H,4-5,8-9H2,1H3,(H,15,17). The maximum absolute atomic E-state index is 11.3. The predicted molar refractivity (Wildman–Crippen MR) is 66.0 cm³/mol. The Hall–Kier alpha value is -2.06. The lowest BCUT2D eigenvalue weighted by molar-refractivity contribution is -0.124. The molecule has 2 rings (SSSR count). The second-order valence-corrected chi connectivity index (χ2v) is 4.21. The summed E-state index contributed by atoms with van der Waals surface area (Å²) in [5.74, 6) is 0.632. The van der Waals surface area contributed by atoms with Crippen LogP contribution < -0.4 is 10.1 Å². The smallest absolute Gasteiger partial charge is 0.234 e. The van der Waals surface area contributed by atoms with Crippen molar-refractivity contribution in [3.8, 4) is 11.8 Å². The molecule has 1 fully saturated rings. The zero-order chi connectivity index (χ0) is 13.0. The Balaban J connectivity index is 2.10. The molecule has 5 heteroatoms. The Morgan fingerprint density at radius 1 is 1.56 bits per heavy atom. The van der Waals surface area contributed by atoms with E-state index in [1.54, 1.807) is 13.2 Å². The summed E-state index contributed by atoms with van der Waals surface area (Å²) in [6, 6.07) is 7.63. The van der Waals surface area contributed by atoms with Gasteiger partial charge in [-0.3, -0.25) is 9.69 Å². The molecule has 1 aliphatic rings. The Morgan fingerprint density at radius 2 is 2.39 bits per heavy atom. The molecule has 1 heterocycles. The highest BCUT2D eigenvalue weighted by atomic mass is 16.5. The molecular weight excluding hydrogens is 230 g/mol. The number of nitriles is 1. The first-order valence-electron chi connectivity index (χ1n) is 5.79. The third kappa shape index (κ3) is 2.79. The van der Waals surface area contributed by atoms with Gasteiger partial charge in [-0.15, -0.1) is 0 Å². The molecule has 5 nitrogen and oxygen atoms in total. The fraction of sp³-hybridized carbons (Fsp3) is 0.385. The summed E-state index contributed by atoms with van der Waals surface area (Å²) >= 11 is 0. The van der Waals surface area contributed by atoms with E-state index in [2.05, 4.69) is 16.3 Å². The van der Waals surface area contributed by atoms with Gasteiger partial charge in [0, 0.05) is 19.6 Å². The van der Waals surface area contributed by atoms with Crippen LogP contribution in [0, 0.1) is 11.3 Å². The lowest BCUT2D eigenvalue weighted by atomic mass is 10.1. The molecule has 0 radical (unpaired) electrons. The van der Waals surface area contributed by atoms with Gasteiger partial charge >= 0.3 is 0 Å². The van der Waals surface area contributed by atoms with Crippen molar-refractivity contribution in [3.05, 3.63) is 29.3 Å². The van der Waals surface area contributed by atoms with Crippen molar-refractivity contribution in [2.24, 2.45) is 0 Å². The molecule has 0 aromatic heterocycles. The first-order chi connectivity index (χ1) is 8.72. The molecule has 1 aliphatic heterocycles. The molecule has 1 N–H and O–H groups in total. The number of rotatable bonds is 3. The van der Waals surface area contributed by atoms with Gasteiger partial charge in [0.15, 0.2) is 0 Å². The number of piperazine rings is 1. The summed E-state index contributed by atoms with van der Waals surface area (Å²) in [4.78, 5) is 13.3. The van der Waals surface area contributed by atoms with Crippen molar-refractivity contribution in [1.29, 1.82) is 5.26 Å². The quantitative estimate of drug-likeness (QED) is 0.842. The van der Waals surface area contributed by atoms with E-state index in [9.17, 15) is 4.79 Å². The SMILES string of the molecule is COc1ccc(CN2CCNC(=O)C2)cc1C#N. The molecule has 1 aromatic rings. The third-order valence-electron chi connectivity index (χ3n) is 2.91. The monoisotopic (exact) mass is 245 g/mol. The van der Waals surface area contributed by atoms with Crippen LogP contribution >= 0.6 is 0 Å². The largest absolute Gasteiger partial charge is 0.495 e. The van der Waals surface area contributed by atoms with Crippen LogP contribution in [0.2, 0.25) is 0 Å². The number of hydrogen-bond acceptors (Lipinski definition) is 4. The van der Waals surface area contributed by atoms with E-state index in [0.29, 0.717) is 30.9 Å². The fourth-order valence-corrected chi connectivity index (χ4v) is 2.03. The molecule has 0 aliphatic carbocycles. The minimum absolute atomic E-state index is 0.0512. The van der Waals surface area contributed by atoms with Crippen LogP contribution in [0.1, 0.15) is 11.1 Å². The average molecular weight is 245 g/mol. The third-order valence-corrected chi connectivity index (χ3v) is 2.91. The first kappa shape index (κ1) is 12.4. The number of carbonyl (C=O) groups is 1. The van der Waals surface area contributed by atoms with Crippen molar-refractivity contribution < 1.29 is 9.53 Å². The highest BCUT2D eigenvalue weighted by Gasteiger charge is 2.16. The maximum Gasteiger partial charge on any atom is 0.234 e. The van der Waals surface area contributed by atoms with Gasteiger partial charge < -0.3 is 10.1 Å². The van der Waals surface area contributed by atoms with Crippen LogP contribution in [0.15, 0.2) is 18.2 Å². The zero-order valence-corrected chi connectivity index (χ0v) is 10.3. The van der Waals surface area contributed by atoms with Crippen molar-refractivity contribution >= 4 is 5.91 Å². The second-order valence-electron chi connectivity index (χ2n) is 4.21. The van der Waals surface area contributed by atoms with Crippen molar-refractivity contribution in [1.82, 2.24) is 10.2 Å². The number of amides is 1. The molecule has 0 spiro atoms. The van der Waals surface area contributed by atoms with Crippen LogP contribution in [0.4, 0.5) is 0 Å². The summed E-state index contributed by atoms with van der Waals surface area (Å²) < 4.78 is 5.10. The fourth-order valence-electron chi connectivity index (χ4n) is 2.03. The van der Waals surface area contributed by atoms with Crippen LogP contribution in [-0.2, 0) is 11.3 Å². The average Bonchev–Trinajstić information content (AvgIpc) is 2.38. The van der Waals surface area contributed by atoms with E-state index in [4.69, 9.17) is 10.00 Å². The van der Waals surface area contributed by atoms with Gasteiger partial charge in [-0.1, -0.05) is 6.07 Å². The van der Waals surface area contributed by atoms with Crippen LogP contribution in [0.3, 0.4) is 0 Å². The second kappa shape index (κ2) is 5.52. The number of ether oxygens (including phenoxy) is 1. The topological polar surface area (TPSA) is 65.4 Å². The van der Waals surface area contributed by atoms with Crippen molar-refractivity contribution in [3.63, 3.8) is 0 Å². The number of methoxy groups -OCH3 is 1. The van der Waals surface area contributed by atoms with Gasteiger partial charge in [-0.25, -0.2) is 0 Å². The summed E-state index contributed by atoms with van der Waals surface area (Å²) in [6.07, 6.45) is 0. The van der Waals surface area contributed by atoms with Gasteiger partial charge in [0.05, 0.1) is 19.2 Å². The Morgan fingerprint density at radius 3 is 3.06 bits per heavy atom. The molecule has 1 aromatic carbocycles. The predicted octanol–water partition coefficient (Wildman–Crippen LogP) is 0.499. The number of nitrogens with one attached hydrogen (secondary N) is 1. The van der Waals surface area contributed by atoms with Gasteiger partial charge in [0.25, 0.3) is 0 Å². The molecule has 1 saturated heterocycles. The van der Waals surface area contributed by atoms with Gasteiger partial charge in [-0.2, -0.15) is 5.26 Å². The Labute approximate surface area is 106 Å². The molecular formula is C13H15N3O2. The molecule has 0 atom stereocenters. The Kier molecular flexibility index (Phi) is 3.80. The minimum atomic E-state index is 0.0512. The molecule has 1 amide bonds.